The second kappa shape index (κ2) is 6.21. The second-order valence-electron chi connectivity index (χ2n) is 5.24. The molecular formula is C12H19N3O2S2. The van der Waals surface area contributed by atoms with E-state index in [0.29, 0.717) is 0 Å². The molecule has 2 rings (SSSR count). The van der Waals surface area contributed by atoms with Crippen molar-refractivity contribution in [3.05, 3.63) is 11.1 Å². The molecule has 19 heavy (non-hydrogen) atoms. The fourth-order valence-corrected chi connectivity index (χ4v) is 2.93. The van der Waals surface area contributed by atoms with Crippen LogP contribution < -0.4 is 4.90 Å². The molecule has 0 N–H and O–H groups in total. The lowest BCUT2D eigenvalue weighted by Gasteiger charge is -2.25. The Morgan fingerprint density at radius 1 is 1.47 bits per heavy atom. The standard InChI is InChI=1S/C12H19N3O2S2/c1-12(2,3)19(16)14-9-10-8-13-11(18-10)15-4-6-17-7-5-15/h8-9H,4-7H2,1-3H3/t19-/m1/s1. The van der Waals surface area contributed by atoms with Gasteiger partial charge in [-0.15, -0.1) is 0 Å². The lowest BCUT2D eigenvalue weighted by molar-refractivity contribution is 0.122. The smallest absolute Gasteiger partial charge is 0.186 e. The average Bonchev–Trinajstić information content (AvgIpc) is 2.84. The van der Waals surface area contributed by atoms with Gasteiger partial charge in [0.2, 0.25) is 0 Å². The Kier molecular flexibility index (Phi) is 4.83. The van der Waals surface area contributed by atoms with Gasteiger partial charge in [0.1, 0.15) is 16.1 Å². The summed E-state index contributed by atoms with van der Waals surface area (Å²) >= 11 is 0.349. The lowest BCUT2D eigenvalue weighted by atomic mass is 10.3. The Morgan fingerprint density at radius 2 is 2.16 bits per heavy atom. The van der Waals surface area contributed by atoms with Gasteiger partial charge in [0.25, 0.3) is 0 Å². The number of thiazole rings is 1. The van der Waals surface area contributed by atoms with Crippen molar-refractivity contribution in [3.63, 3.8) is 0 Å². The normalized spacial score (nSPS) is 19.1. The minimum atomic E-state index is -1.22. The van der Waals surface area contributed by atoms with Crippen molar-refractivity contribution in [1.82, 2.24) is 4.98 Å². The molecule has 1 fully saturated rings. The van der Waals surface area contributed by atoms with E-state index in [2.05, 4.69) is 14.3 Å². The van der Waals surface area contributed by atoms with Crippen molar-refractivity contribution in [1.29, 1.82) is 0 Å². The molecule has 0 saturated carbocycles. The van der Waals surface area contributed by atoms with Crippen molar-refractivity contribution in [2.45, 2.75) is 25.5 Å². The second-order valence-corrected chi connectivity index (χ2v) is 8.22. The maximum Gasteiger partial charge on any atom is 0.186 e. The topological polar surface area (TPSA) is 60.8 Å². The molecule has 1 aromatic heterocycles. The summed E-state index contributed by atoms with van der Waals surface area (Å²) in [6, 6.07) is 0. The highest BCUT2D eigenvalue weighted by molar-refractivity contribution is 7.91. The van der Waals surface area contributed by atoms with Gasteiger partial charge in [-0.1, -0.05) is 15.7 Å². The Labute approximate surface area is 121 Å². The molecule has 0 spiro atoms. The van der Waals surface area contributed by atoms with Crippen molar-refractivity contribution in [2.75, 3.05) is 31.2 Å². The summed E-state index contributed by atoms with van der Waals surface area (Å²) in [6.45, 7) is 8.97. The highest BCUT2D eigenvalue weighted by Crippen LogP contribution is 2.23. The van der Waals surface area contributed by atoms with Gasteiger partial charge < -0.3 is 14.2 Å². The molecular weight excluding hydrogens is 282 g/mol. The minimum absolute atomic E-state index is 0.325. The quantitative estimate of drug-likeness (QED) is 0.631. The van der Waals surface area contributed by atoms with E-state index in [0.717, 1.165) is 36.3 Å². The van der Waals surface area contributed by atoms with Gasteiger partial charge in [0.05, 0.1) is 24.3 Å². The number of hydrogen-bond acceptors (Lipinski definition) is 6. The molecule has 7 heteroatoms. The average molecular weight is 301 g/mol. The Morgan fingerprint density at radius 3 is 2.79 bits per heavy atom. The van der Waals surface area contributed by atoms with Gasteiger partial charge in [-0.3, -0.25) is 0 Å². The van der Waals surface area contributed by atoms with Gasteiger partial charge in [-0.25, -0.2) is 4.98 Å². The van der Waals surface area contributed by atoms with E-state index < -0.39 is 11.4 Å². The molecule has 0 bridgehead atoms. The van der Waals surface area contributed by atoms with E-state index in [9.17, 15) is 4.55 Å². The Hall–Kier alpha value is -0.630. The number of anilines is 1. The molecule has 0 amide bonds. The van der Waals surface area contributed by atoms with Crippen molar-refractivity contribution >= 4 is 34.0 Å². The first-order valence-corrected chi connectivity index (χ1v) is 8.14. The largest absolute Gasteiger partial charge is 0.591 e. The molecule has 106 valence electrons. The molecule has 1 aromatic rings. The van der Waals surface area contributed by atoms with Crippen LogP contribution in [0.2, 0.25) is 0 Å². The molecule has 0 aliphatic carbocycles. The first-order valence-electron chi connectivity index (χ1n) is 6.21. The summed E-state index contributed by atoms with van der Waals surface area (Å²) in [7, 11) is 0. The molecule has 1 saturated heterocycles. The molecule has 0 aromatic carbocycles. The van der Waals surface area contributed by atoms with Gasteiger partial charge >= 0.3 is 0 Å². The number of nitrogens with zero attached hydrogens (tertiary/aromatic N) is 3. The predicted octanol–water partition coefficient (Wildman–Crippen LogP) is 1.86. The first kappa shape index (κ1) is 14.8. The van der Waals surface area contributed by atoms with E-state index in [-0.39, 0.29) is 4.75 Å². The number of morpholine rings is 1. The minimum Gasteiger partial charge on any atom is -0.591 e. The molecule has 1 aliphatic heterocycles. The van der Waals surface area contributed by atoms with E-state index in [1.54, 1.807) is 23.7 Å². The van der Waals surface area contributed by atoms with Crippen LogP contribution in [0.1, 0.15) is 25.6 Å². The van der Waals surface area contributed by atoms with Crippen LogP contribution in [0.4, 0.5) is 5.13 Å². The summed E-state index contributed by atoms with van der Waals surface area (Å²) < 4.78 is 20.9. The fraction of sp³-hybridized carbons (Fsp3) is 0.667. The molecule has 1 atom stereocenters. The number of rotatable bonds is 3. The van der Waals surface area contributed by atoms with Crippen LogP contribution in [0.25, 0.3) is 0 Å². The number of aromatic nitrogens is 1. The van der Waals surface area contributed by atoms with Gasteiger partial charge in [-0.05, 0) is 20.8 Å². The fourth-order valence-electron chi connectivity index (χ4n) is 1.50. The molecule has 5 nitrogen and oxygen atoms in total. The summed E-state index contributed by atoms with van der Waals surface area (Å²) in [5.41, 5.74) is 0. The molecule has 1 aliphatic rings. The van der Waals surface area contributed by atoms with Gasteiger partial charge in [-0.2, -0.15) is 0 Å². The van der Waals surface area contributed by atoms with E-state index in [1.807, 2.05) is 20.8 Å². The lowest BCUT2D eigenvalue weighted by Crippen LogP contribution is -2.36. The van der Waals surface area contributed by atoms with Crippen LogP contribution in [0, 0.1) is 0 Å². The van der Waals surface area contributed by atoms with Crippen LogP contribution in [0.5, 0.6) is 0 Å². The van der Waals surface area contributed by atoms with Gasteiger partial charge in [0.15, 0.2) is 5.13 Å². The van der Waals surface area contributed by atoms with E-state index >= 15 is 0 Å². The van der Waals surface area contributed by atoms with Crippen LogP contribution in [-0.4, -0.2) is 46.8 Å². The van der Waals surface area contributed by atoms with Crippen LogP contribution in [0.3, 0.4) is 0 Å². The predicted molar refractivity (Wildman–Crippen MR) is 80.6 cm³/mol. The zero-order valence-corrected chi connectivity index (χ0v) is 13.1. The third-order valence-corrected chi connectivity index (χ3v) is 4.93. The van der Waals surface area contributed by atoms with Crippen molar-refractivity contribution in [3.8, 4) is 0 Å². The highest BCUT2D eigenvalue weighted by atomic mass is 32.2. The summed E-state index contributed by atoms with van der Waals surface area (Å²) in [6.07, 6.45) is 3.43. The van der Waals surface area contributed by atoms with E-state index in [4.69, 9.17) is 4.74 Å². The molecule has 0 radical (unpaired) electrons. The highest BCUT2D eigenvalue weighted by Gasteiger charge is 2.26. The third-order valence-electron chi connectivity index (χ3n) is 2.59. The number of hydrogen-bond donors (Lipinski definition) is 0. The van der Waals surface area contributed by atoms with E-state index in [1.165, 1.54) is 0 Å². The van der Waals surface area contributed by atoms with Gasteiger partial charge in [0, 0.05) is 19.3 Å². The molecule has 0 unspecified atom stereocenters. The number of ether oxygens (including phenoxy) is 1. The zero-order chi connectivity index (χ0) is 13.9. The summed E-state index contributed by atoms with van der Waals surface area (Å²) in [5, 5.41) is 0.978. The summed E-state index contributed by atoms with van der Waals surface area (Å²) in [5.74, 6) is 0. The van der Waals surface area contributed by atoms with Crippen molar-refractivity contribution < 1.29 is 9.29 Å². The van der Waals surface area contributed by atoms with Crippen molar-refractivity contribution in [2.24, 2.45) is 4.40 Å². The first-order chi connectivity index (χ1) is 8.97. The Balaban J connectivity index is 1.99. The van der Waals surface area contributed by atoms with Crippen LogP contribution >= 0.6 is 11.3 Å². The maximum atomic E-state index is 11.8. The maximum absolute atomic E-state index is 11.8. The Bertz CT molecular complexity index is 436. The molecule has 2 heterocycles. The van der Waals surface area contributed by atoms with Crippen LogP contribution in [-0.2, 0) is 16.1 Å². The monoisotopic (exact) mass is 301 g/mol. The third kappa shape index (κ3) is 4.17. The zero-order valence-electron chi connectivity index (χ0n) is 11.5. The summed E-state index contributed by atoms with van der Waals surface area (Å²) in [4.78, 5) is 7.51. The van der Waals surface area contributed by atoms with Crippen LogP contribution in [0.15, 0.2) is 10.6 Å². The SMILES string of the molecule is CC(C)(C)[S@@+]([O-])N=Cc1cnc(N2CCOCC2)s1.